The van der Waals surface area contributed by atoms with E-state index < -0.39 is 5.91 Å². The summed E-state index contributed by atoms with van der Waals surface area (Å²) in [4.78, 5) is 19.9. The van der Waals surface area contributed by atoms with Crippen molar-refractivity contribution in [3.8, 4) is 0 Å². The van der Waals surface area contributed by atoms with Crippen LogP contribution in [-0.4, -0.2) is 76.3 Å². The molecule has 1 aliphatic rings. The maximum atomic E-state index is 12.7. The summed E-state index contributed by atoms with van der Waals surface area (Å²) >= 11 is 0.887. The number of piperazine rings is 1. The lowest BCUT2D eigenvalue weighted by molar-refractivity contribution is -0.115. The lowest BCUT2D eigenvalue weighted by Crippen LogP contribution is -2.48. The Labute approximate surface area is 193 Å². The molecular weight excluding hydrogens is 427 g/mol. The lowest BCUT2D eigenvalue weighted by atomic mass is 10.0. The summed E-state index contributed by atoms with van der Waals surface area (Å²) in [6, 6.07) is 8.04. The number of thioether (sulfide) groups is 1. The SMILES string of the molecule is CCCCC(Cc1c[nH]c2ccccc12)NC(=O)C(=N)SC(=N)N1CCN(CCF)CC1. The Bertz CT molecular complexity index is 924. The number of amidine groups is 1. The molecular formula is C23H33FN6OS. The molecule has 7 nitrogen and oxygen atoms in total. The van der Waals surface area contributed by atoms with Crippen LogP contribution in [0.3, 0.4) is 0 Å². The molecule has 1 atom stereocenters. The van der Waals surface area contributed by atoms with E-state index in [1.807, 2.05) is 34.2 Å². The van der Waals surface area contributed by atoms with Crippen LogP contribution < -0.4 is 5.32 Å². The van der Waals surface area contributed by atoms with Crippen molar-refractivity contribution in [3.63, 3.8) is 0 Å². The van der Waals surface area contributed by atoms with Crippen molar-refractivity contribution in [2.45, 2.75) is 38.6 Å². The van der Waals surface area contributed by atoms with E-state index in [0.717, 1.165) is 47.5 Å². The molecule has 1 amide bonds. The number of benzene rings is 1. The first kappa shape index (κ1) is 24.3. The van der Waals surface area contributed by atoms with Gasteiger partial charge in [0.2, 0.25) is 0 Å². The standard InChI is InChI=1S/C23H33FN6OS/c1-2-3-6-18(15-17-16-27-20-8-5-4-7-19(17)20)28-22(31)21(25)32-23(26)30-13-11-29(10-9-24)12-14-30/h4-5,7-8,16,18,25-27H,2-3,6,9-15H2,1H3,(H,28,31). The molecule has 2 aromatic rings. The molecule has 1 aromatic heterocycles. The summed E-state index contributed by atoms with van der Waals surface area (Å²) in [6.45, 7) is 4.78. The molecule has 0 aliphatic carbocycles. The number of fused-ring (bicyclic) bond motifs is 1. The summed E-state index contributed by atoms with van der Waals surface area (Å²) in [7, 11) is 0. The van der Waals surface area contributed by atoms with E-state index in [-0.39, 0.29) is 22.9 Å². The predicted octanol–water partition coefficient (Wildman–Crippen LogP) is 3.62. The van der Waals surface area contributed by atoms with E-state index in [9.17, 15) is 9.18 Å². The van der Waals surface area contributed by atoms with Crippen LogP contribution in [0.1, 0.15) is 31.7 Å². The number of nitrogens with zero attached hydrogens (tertiary/aromatic N) is 2. The second-order valence-electron chi connectivity index (χ2n) is 8.13. The fourth-order valence-corrected chi connectivity index (χ4v) is 4.65. The van der Waals surface area contributed by atoms with Crippen LogP contribution in [0.5, 0.6) is 0 Å². The Kier molecular flexibility index (Phi) is 9.11. The summed E-state index contributed by atoms with van der Waals surface area (Å²) in [5.41, 5.74) is 2.23. The molecule has 1 unspecified atom stereocenters. The van der Waals surface area contributed by atoms with E-state index in [1.54, 1.807) is 0 Å². The smallest absolute Gasteiger partial charge is 0.276 e. The average Bonchev–Trinajstić information content (AvgIpc) is 3.20. The number of unbranched alkanes of at least 4 members (excludes halogenated alkanes) is 1. The third-order valence-corrected chi connectivity index (χ3v) is 6.69. The number of amides is 1. The van der Waals surface area contributed by atoms with Crippen molar-refractivity contribution in [2.24, 2.45) is 0 Å². The number of H-pyrrole nitrogens is 1. The first-order valence-electron chi connectivity index (χ1n) is 11.3. The molecule has 3 rings (SSSR count). The first-order valence-corrected chi connectivity index (χ1v) is 12.1. The highest BCUT2D eigenvalue weighted by Crippen LogP contribution is 2.21. The Balaban J connectivity index is 1.54. The quantitative estimate of drug-likeness (QED) is 0.357. The van der Waals surface area contributed by atoms with Gasteiger partial charge in [0, 0.05) is 55.9 Å². The van der Waals surface area contributed by atoms with E-state index in [2.05, 4.69) is 23.3 Å². The molecule has 0 saturated carbocycles. The maximum absolute atomic E-state index is 12.7. The Morgan fingerprint density at radius 2 is 2.00 bits per heavy atom. The number of halogens is 1. The Hall–Kier alpha value is -2.39. The monoisotopic (exact) mass is 460 g/mol. The first-order chi connectivity index (χ1) is 15.5. The van der Waals surface area contributed by atoms with Gasteiger partial charge in [-0.05, 0) is 36.2 Å². The second-order valence-corrected chi connectivity index (χ2v) is 9.13. The topological polar surface area (TPSA) is 99.1 Å². The minimum absolute atomic E-state index is 0.0685. The van der Waals surface area contributed by atoms with Gasteiger partial charge in [-0.15, -0.1) is 0 Å². The third-order valence-electron chi connectivity index (χ3n) is 5.85. The Morgan fingerprint density at radius 1 is 1.25 bits per heavy atom. The van der Waals surface area contributed by atoms with Crippen molar-refractivity contribution in [1.29, 1.82) is 10.8 Å². The fraction of sp³-hybridized carbons (Fsp3) is 0.522. The summed E-state index contributed by atoms with van der Waals surface area (Å²) in [5.74, 6) is -0.434. The number of hydrogen-bond acceptors (Lipinski definition) is 5. The van der Waals surface area contributed by atoms with Gasteiger partial charge in [-0.1, -0.05) is 38.0 Å². The number of hydrogen-bond donors (Lipinski definition) is 4. The van der Waals surface area contributed by atoms with Gasteiger partial charge in [-0.3, -0.25) is 20.5 Å². The molecule has 1 saturated heterocycles. The number of para-hydroxylation sites is 1. The van der Waals surface area contributed by atoms with E-state index in [4.69, 9.17) is 10.8 Å². The molecule has 1 aromatic carbocycles. The molecule has 0 spiro atoms. The number of carbonyl (C=O) groups is 1. The maximum Gasteiger partial charge on any atom is 0.276 e. The zero-order valence-electron chi connectivity index (χ0n) is 18.6. The van der Waals surface area contributed by atoms with Gasteiger partial charge < -0.3 is 15.2 Å². The van der Waals surface area contributed by atoms with Gasteiger partial charge in [-0.25, -0.2) is 4.39 Å². The van der Waals surface area contributed by atoms with E-state index in [1.165, 1.54) is 0 Å². The minimum Gasteiger partial charge on any atom is -0.361 e. The fourth-order valence-electron chi connectivity index (χ4n) is 3.99. The molecule has 0 bridgehead atoms. The number of nitrogens with one attached hydrogen (secondary N) is 4. The summed E-state index contributed by atoms with van der Waals surface area (Å²) in [6.07, 6.45) is 5.56. The van der Waals surface area contributed by atoms with Crippen molar-refractivity contribution >= 4 is 38.8 Å². The highest BCUT2D eigenvalue weighted by Gasteiger charge is 2.23. The third kappa shape index (κ3) is 6.56. The Morgan fingerprint density at radius 3 is 2.72 bits per heavy atom. The molecule has 0 radical (unpaired) electrons. The zero-order valence-corrected chi connectivity index (χ0v) is 19.4. The molecule has 4 N–H and O–H groups in total. The van der Waals surface area contributed by atoms with Crippen molar-refractivity contribution in [1.82, 2.24) is 20.1 Å². The van der Waals surface area contributed by atoms with Gasteiger partial charge in [0.1, 0.15) is 6.67 Å². The minimum atomic E-state index is -0.434. The molecule has 2 heterocycles. The van der Waals surface area contributed by atoms with Crippen molar-refractivity contribution in [3.05, 3.63) is 36.0 Å². The largest absolute Gasteiger partial charge is 0.361 e. The van der Waals surface area contributed by atoms with E-state index in [0.29, 0.717) is 39.1 Å². The number of alkyl halides is 1. The number of aromatic nitrogens is 1. The highest BCUT2D eigenvalue weighted by atomic mass is 32.2. The average molecular weight is 461 g/mol. The molecule has 32 heavy (non-hydrogen) atoms. The van der Waals surface area contributed by atoms with E-state index >= 15 is 0 Å². The number of carbonyl (C=O) groups excluding carboxylic acids is 1. The predicted molar refractivity (Wildman–Crippen MR) is 130 cm³/mol. The van der Waals surface area contributed by atoms with Crippen LogP contribution in [0.4, 0.5) is 4.39 Å². The summed E-state index contributed by atoms with van der Waals surface area (Å²) in [5, 5.41) is 20.7. The zero-order chi connectivity index (χ0) is 22.9. The normalized spacial score (nSPS) is 15.6. The number of aromatic amines is 1. The van der Waals surface area contributed by atoms with Gasteiger partial charge in [-0.2, -0.15) is 0 Å². The van der Waals surface area contributed by atoms with Crippen LogP contribution in [0.15, 0.2) is 30.5 Å². The second kappa shape index (κ2) is 12.0. The van der Waals surface area contributed by atoms with Gasteiger partial charge in [0.15, 0.2) is 10.2 Å². The molecule has 9 heteroatoms. The van der Waals surface area contributed by atoms with Crippen LogP contribution in [0.2, 0.25) is 0 Å². The van der Waals surface area contributed by atoms with Gasteiger partial charge in [0.05, 0.1) is 0 Å². The van der Waals surface area contributed by atoms with Crippen LogP contribution in [-0.2, 0) is 11.2 Å². The number of rotatable bonds is 8. The van der Waals surface area contributed by atoms with Crippen LogP contribution in [0, 0.1) is 10.8 Å². The van der Waals surface area contributed by atoms with Crippen molar-refractivity contribution < 1.29 is 9.18 Å². The van der Waals surface area contributed by atoms with Gasteiger partial charge >= 0.3 is 0 Å². The lowest BCUT2D eigenvalue weighted by Gasteiger charge is -2.35. The highest BCUT2D eigenvalue weighted by molar-refractivity contribution is 8.27. The molecule has 1 fully saturated rings. The molecule has 174 valence electrons. The van der Waals surface area contributed by atoms with Crippen LogP contribution in [0.25, 0.3) is 10.9 Å². The van der Waals surface area contributed by atoms with Gasteiger partial charge in [0.25, 0.3) is 5.91 Å². The van der Waals surface area contributed by atoms with Crippen molar-refractivity contribution in [2.75, 3.05) is 39.4 Å². The summed E-state index contributed by atoms with van der Waals surface area (Å²) < 4.78 is 12.5. The van der Waals surface area contributed by atoms with Crippen LogP contribution >= 0.6 is 11.8 Å². The molecule has 1 aliphatic heterocycles.